The molecule has 7 heteroatoms. The van der Waals surface area contributed by atoms with Gasteiger partial charge in [0.2, 0.25) is 5.91 Å². The minimum atomic E-state index is 0.163. The van der Waals surface area contributed by atoms with Crippen LogP contribution in [-0.2, 0) is 4.79 Å². The second kappa shape index (κ2) is 10.5. The lowest BCUT2D eigenvalue weighted by Gasteiger charge is -2.35. The number of piperazine rings is 1. The molecule has 1 fully saturated rings. The van der Waals surface area contributed by atoms with Gasteiger partial charge in [-0.05, 0) is 25.5 Å². The molecule has 0 N–H and O–H groups in total. The van der Waals surface area contributed by atoms with Gasteiger partial charge in [-0.3, -0.25) is 4.79 Å². The Labute approximate surface area is 193 Å². The molecule has 2 heterocycles. The minimum absolute atomic E-state index is 0.163. The molecule has 1 amide bonds. The van der Waals surface area contributed by atoms with E-state index in [0.717, 1.165) is 36.0 Å². The van der Waals surface area contributed by atoms with Crippen LogP contribution in [0.3, 0.4) is 0 Å². The lowest BCUT2D eigenvalue weighted by Crippen LogP contribution is -2.49. The molecule has 0 unspecified atom stereocenters. The maximum Gasteiger partial charge on any atom is 0.222 e. The molecular weight excluding hydrogens is 424 g/mol. The van der Waals surface area contributed by atoms with Gasteiger partial charge in [0, 0.05) is 44.2 Å². The number of ether oxygens (including phenoxy) is 1. The number of rotatable bonds is 7. The summed E-state index contributed by atoms with van der Waals surface area (Å²) in [6.07, 6.45) is 1.13. The summed E-state index contributed by atoms with van der Waals surface area (Å²) < 4.78 is 5.68. The summed E-state index contributed by atoms with van der Waals surface area (Å²) in [5.41, 5.74) is 2.00. The first-order valence-electron chi connectivity index (χ1n) is 10.9. The Bertz CT molecular complexity index is 1050. The number of aromatic nitrogens is 2. The standard InChI is InChI=1S/C25H27ClN4O2/c1-19-27-22(20-8-3-2-4-9-20)18-24(28-19)29-13-15-30(16-14-29)25(31)12-7-17-32-23-11-6-5-10-21(23)26/h2-6,8-11,18H,7,12-17H2,1H3. The van der Waals surface area contributed by atoms with Crippen LogP contribution in [0.5, 0.6) is 5.75 Å². The molecule has 0 atom stereocenters. The van der Waals surface area contributed by atoms with Crippen molar-refractivity contribution in [2.75, 3.05) is 37.7 Å². The summed E-state index contributed by atoms with van der Waals surface area (Å²) in [5.74, 6) is 2.48. The molecule has 3 aromatic rings. The topological polar surface area (TPSA) is 58.6 Å². The molecule has 1 saturated heterocycles. The van der Waals surface area contributed by atoms with Gasteiger partial charge in [-0.2, -0.15) is 0 Å². The Morgan fingerprint density at radius 3 is 2.47 bits per heavy atom. The van der Waals surface area contributed by atoms with E-state index in [4.69, 9.17) is 16.3 Å². The second-order valence-corrected chi connectivity index (χ2v) is 8.18. The van der Waals surface area contributed by atoms with Crippen molar-refractivity contribution >= 4 is 23.3 Å². The normalized spacial score (nSPS) is 13.8. The molecule has 4 rings (SSSR count). The fraction of sp³-hybridized carbons (Fsp3) is 0.320. The van der Waals surface area contributed by atoms with Gasteiger partial charge in [0.15, 0.2) is 0 Å². The molecule has 0 bridgehead atoms. The Morgan fingerprint density at radius 1 is 1.00 bits per heavy atom. The van der Waals surface area contributed by atoms with Gasteiger partial charge >= 0.3 is 0 Å². The first-order chi connectivity index (χ1) is 15.6. The second-order valence-electron chi connectivity index (χ2n) is 7.77. The van der Waals surface area contributed by atoms with E-state index in [0.29, 0.717) is 43.3 Å². The van der Waals surface area contributed by atoms with Gasteiger partial charge in [0.05, 0.1) is 17.3 Å². The maximum atomic E-state index is 12.6. The van der Waals surface area contributed by atoms with Gasteiger partial charge in [-0.25, -0.2) is 9.97 Å². The summed E-state index contributed by atoms with van der Waals surface area (Å²) in [7, 11) is 0. The van der Waals surface area contributed by atoms with Crippen molar-refractivity contribution in [3.05, 3.63) is 71.5 Å². The van der Waals surface area contributed by atoms with Crippen LogP contribution in [0.4, 0.5) is 5.82 Å². The highest BCUT2D eigenvalue weighted by Crippen LogP contribution is 2.24. The number of para-hydroxylation sites is 1. The molecule has 2 aromatic carbocycles. The molecule has 0 spiro atoms. The summed E-state index contributed by atoms with van der Waals surface area (Å²) in [6.45, 7) is 5.28. The number of aryl methyl sites for hydroxylation is 1. The van der Waals surface area contributed by atoms with Crippen molar-refractivity contribution in [3.8, 4) is 17.0 Å². The number of anilines is 1. The van der Waals surface area contributed by atoms with Gasteiger partial charge in [-0.1, -0.05) is 54.1 Å². The van der Waals surface area contributed by atoms with Crippen LogP contribution >= 0.6 is 11.6 Å². The van der Waals surface area contributed by atoms with Crippen molar-refractivity contribution in [1.82, 2.24) is 14.9 Å². The predicted molar refractivity (Wildman–Crippen MR) is 127 cm³/mol. The summed E-state index contributed by atoms with van der Waals surface area (Å²) in [6, 6.07) is 19.5. The number of carbonyl (C=O) groups is 1. The average Bonchev–Trinajstić information content (AvgIpc) is 2.83. The number of halogens is 1. The highest BCUT2D eigenvalue weighted by atomic mass is 35.5. The number of nitrogens with zero attached hydrogens (tertiary/aromatic N) is 4. The number of hydrogen-bond donors (Lipinski definition) is 0. The van der Waals surface area contributed by atoms with Gasteiger partial charge in [0.25, 0.3) is 0 Å². The third-order valence-electron chi connectivity index (χ3n) is 5.48. The van der Waals surface area contributed by atoms with Crippen LogP contribution in [-0.4, -0.2) is 53.6 Å². The van der Waals surface area contributed by atoms with E-state index in [1.54, 1.807) is 6.07 Å². The fourth-order valence-corrected chi connectivity index (χ4v) is 3.97. The number of amides is 1. The third-order valence-corrected chi connectivity index (χ3v) is 5.79. The molecule has 0 aliphatic carbocycles. The Kier molecular flexibility index (Phi) is 7.22. The lowest BCUT2D eigenvalue weighted by atomic mass is 10.1. The molecule has 1 aliphatic rings. The van der Waals surface area contributed by atoms with Crippen molar-refractivity contribution in [1.29, 1.82) is 0 Å². The molecule has 1 aliphatic heterocycles. The van der Waals surface area contributed by atoms with E-state index < -0.39 is 0 Å². The largest absolute Gasteiger partial charge is 0.492 e. The van der Waals surface area contributed by atoms with E-state index in [-0.39, 0.29) is 5.91 Å². The lowest BCUT2D eigenvalue weighted by molar-refractivity contribution is -0.131. The first-order valence-corrected chi connectivity index (χ1v) is 11.3. The van der Waals surface area contributed by atoms with Crippen LogP contribution in [0, 0.1) is 6.92 Å². The van der Waals surface area contributed by atoms with Gasteiger partial charge < -0.3 is 14.5 Å². The van der Waals surface area contributed by atoms with E-state index >= 15 is 0 Å². The zero-order valence-electron chi connectivity index (χ0n) is 18.2. The quantitative estimate of drug-likeness (QED) is 0.492. The Hall–Kier alpha value is -3.12. The van der Waals surface area contributed by atoms with Crippen molar-refractivity contribution in [2.45, 2.75) is 19.8 Å². The van der Waals surface area contributed by atoms with E-state index in [1.165, 1.54) is 0 Å². The van der Waals surface area contributed by atoms with Gasteiger partial charge in [-0.15, -0.1) is 0 Å². The van der Waals surface area contributed by atoms with Gasteiger partial charge in [0.1, 0.15) is 17.4 Å². The fourth-order valence-electron chi connectivity index (χ4n) is 3.78. The van der Waals surface area contributed by atoms with E-state index in [2.05, 4.69) is 27.0 Å². The van der Waals surface area contributed by atoms with E-state index in [9.17, 15) is 4.79 Å². The van der Waals surface area contributed by atoms with Crippen LogP contribution in [0.1, 0.15) is 18.7 Å². The molecule has 1 aromatic heterocycles. The third kappa shape index (κ3) is 5.56. The van der Waals surface area contributed by atoms with Crippen LogP contribution < -0.4 is 9.64 Å². The highest BCUT2D eigenvalue weighted by Gasteiger charge is 2.22. The highest BCUT2D eigenvalue weighted by molar-refractivity contribution is 6.32. The molecule has 166 valence electrons. The first kappa shape index (κ1) is 22.1. The predicted octanol–water partition coefficient (Wildman–Crippen LogP) is 4.61. The molecule has 0 radical (unpaired) electrons. The monoisotopic (exact) mass is 450 g/mol. The van der Waals surface area contributed by atoms with Crippen molar-refractivity contribution < 1.29 is 9.53 Å². The zero-order valence-corrected chi connectivity index (χ0v) is 19.0. The maximum absolute atomic E-state index is 12.6. The SMILES string of the molecule is Cc1nc(-c2ccccc2)cc(N2CCN(C(=O)CCCOc3ccccc3Cl)CC2)n1. The van der Waals surface area contributed by atoms with Crippen molar-refractivity contribution in [3.63, 3.8) is 0 Å². The minimum Gasteiger partial charge on any atom is -0.492 e. The van der Waals surface area contributed by atoms with E-state index in [1.807, 2.05) is 54.3 Å². The van der Waals surface area contributed by atoms with Crippen LogP contribution in [0.25, 0.3) is 11.3 Å². The molecule has 0 saturated carbocycles. The zero-order chi connectivity index (χ0) is 22.3. The summed E-state index contributed by atoms with van der Waals surface area (Å²) in [4.78, 5) is 26.0. The summed E-state index contributed by atoms with van der Waals surface area (Å²) >= 11 is 6.09. The number of carbonyl (C=O) groups excluding carboxylic acids is 1. The number of benzene rings is 2. The Morgan fingerprint density at radius 2 is 1.72 bits per heavy atom. The van der Waals surface area contributed by atoms with Crippen LogP contribution in [0.15, 0.2) is 60.7 Å². The molecular formula is C25H27ClN4O2. The van der Waals surface area contributed by atoms with Crippen LogP contribution in [0.2, 0.25) is 5.02 Å². The summed E-state index contributed by atoms with van der Waals surface area (Å²) in [5, 5.41) is 0.588. The molecule has 32 heavy (non-hydrogen) atoms. The van der Waals surface area contributed by atoms with Crippen molar-refractivity contribution in [2.24, 2.45) is 0 Å². The smallest absolute Gasteiger partial charge is 0.222 e. The average molecular weight is 451 g/mol. The number of hydrogen-bond acceptors (Lipinski definition) is 5. The molecule has 6 nitrogen and oxygen atoms in total. The Balaban J connectivity index is 1.27.